The minimum atomic E-state index is -1.26. The average Bonchev–Trinajstić information content (AvgIpc) is 2.48. The van der Waals surface area contributed by atoms with Gasteiger partial charge < -0.3 is 9.84 Å². The van der Waals surface area contributed by atoms with E-state index in [9.17, 15) is 9.59 Å². The van der Waals surface area contributed by atoms with Crippen molar-refractivity contribution in [1.82, 2.24) is 9.97 Å². The predicted molar refractivity (Wildman–Crippen MR) is 79.2 cm³/mol. The molecule has 0 aliphatic carbocycles. The van der Waals surface area contributed by atoms with Crippen molar-refractivity contribution < 1.29 is 19.4 Å². The molecule has 6 heteroatoms. The number of Topliss-reactive ketones (excluding diaryl/α,β-unsaturated/α-hetero) is 1. The summed E-state index contributed by atoms with van der Waals surface area (Å²) in [6.07, 6.45) is 1.22. The number of aryl methyl sites for hydroxylation is 2. The summed E-state index contributed by atoms with van der Waals surface area (Å²) in [5.41, 5.74) is 1.93. The number of aromatic carboxylic acids is 1. The summed E-state index contributed by atoms with van der Waals surface area (Å²) in [5.74, 6) is -0.793. The molecule has 0 radical (unpaired) electrons. The molecule has 114 valence electrons. The summed E-state index contributed by atoms with van der Waals surface area (Å²) in [5, 5.41) is 9.11. The first-order valence-corrected chi connectivity index (χ1v) is 6.68. The highest BCUT2D eigenvalue weighted by Gasteiger charge is 2.17. The highest BCUT2D eigenvalue weighted by molar-refractivity contribution is 6.03. The summed E-state index contributed by atoms with van der Waals surface area (Å²) in [6, 6.07) is 5.65. The molecule has 0 aliphatic rings. The van der Waals surface area contributed by atoms with Crippen LogP contribution in [0.4, 0.5) is 0 Å². The summed E-state index contributed by atoms with van der Waals surface area (Å²) >= 11 is 0. The Morgan fingerprint density at radius 3 is 2.55 bits per heavy atom. The smallest absolute Gasteiger partial charge is 0.355 e. The van der Waals surface area contributed by atoms with Crippen molar-refractivity contribution in [3.05, 3.63) is 52.6 Å². The third kappa shape index (κ3) is 3.46. The van der Waals surface area contributed by atoms with E-state index in [2.05, 4.69) is 9.97 Å². The second kappa shape index (κ2) is 6.34. The van der Waals surface area contributed by atoms with Crippen molar-refractivity contribution in [3.8, 4) is 5.75 Å². The Morgan fingerprint density at radius 1 is 1.23 bits per heavy atom. The summed E-state index contributed by atoms with van der Waals surface area (Å²) in [6.45, 7) is 5.28. The standard InChI is InChI=1S/C16H16N2O4/c1-9-4-5-12(6-10(9)2)22-8-14-17-7-13(11(3)19)15(18-14)16(20)21/h4-7H,8H2,1-3H3,(H,20,21). The Labute approximate surface area is 127 Å². The van der Waals surface area contributed by atoms with Crippen LogP contribution in [0.1, 0.15) is 44.7 Å². The molecule has 0 atom stereocenters. The average molecular weight is 300 g/mol. The van der Waals surface area contributed by atoms with E-state index in [4.69, 9.17) is 9.84 Å². The number of carbonyl (C=O) groups excluding carboxylic acids is 1. The summed E-state index contributed by atoms with van der Waals surface area (Å²) in [7, 11) is 0. The number of carboxylic acids is 1. The molecule has 1 N–H and O–H groups in total. The zero-order valence-corrected chi connectivity index (χ0v) is 12.6. The van der Waals surface area contributed by atoms with Crippen LogP contribution in [-0.2, 0) is 6.61 Å². The first-order valence-electron chi connectivity index (χ1n) is 6.68. The van der Waals surface area contributed by atoms with Gasteiger partial charge >= 0.3 is 5.97 Å². The molecular formula is C16H16N2O4. The first-order chi connectivity index (χ1) is 10.4. The van der Waals surface area contributed by atoms with Gasteiger partial charge in [-0.25, -0.2) is 14.8 Å². The molecule has 0 unspecified atom stereocenters. The number of carbonyl (C=O) groups is 2. The lowest BCUT2D eigenvalue weighted by atomic mass is 10.1. The first kappa shape index (κ1) is 15.6. The molecule has 0 spiro atoms. The van der Waals surface area contributed by atoms with Crippen molar-refractivity contribution >= 4 is 11.8 Å². The molecule has 1 aromatic carbocycles. The zero-order chi connectivity index (χ0) is 16.3. The largest absolute Gasteiger partial charge is 0.486 e. The van der Waals surface area contributed by atoms with Crippen LogP contribution in [0.5, 0.6) is 5.75 Å². The van der Waals surface area contributed by atoms with Gasteiger partial charge in [-0.3, -0.25) is 4.79 Å². The van der Waals surface area contributed by atoms with Crippen LogP contribution < -0.4 is 4.74 Å². The van der Waals surface area contributed by atoms with Crippen LogP contribution in [0.3, 0.4) is 0 Å². The van der Waals surface area contributed by atoms with E-state index < -0.39 is 5.97 Å². The second-order valence-corrected chi connectivity index (χ2v) is 4.94. The maximum Gasteiger partial charge on any atom is 0.355 e. The van der Waals surface area contributed by atoms with Crippen LogP contribution >= 0.6 is 0 Å². The molecular weight excluding hydrogens is 284 g/mol. The van der Waals surface area contributed by atoms with E-state index in [-0.39, 0.29) is 29.5 Å². The number of hydrogen-bond donors (Lipinski definition) is 1. The van der Waals surface area contributed by atoms with E-state index in [0.29, 0.717) is 5.75 Å². The zero-order valence-electron chi connectivity index (χ0n) is 12.6. The number of rotatable bonds is 5. The number of ether oxygens (including phenoxy) is 1. The van der Waals surface area contributed by atoms with Gasteiger partial charge in [-0.15, -0.1) is 0 Å². The fourth-order valence-corrected chi connectivity index (χ4v) is 1.86. The summed E-state index contributed by atoms with van der Waals surface area (Å²) in [4.78, 5) is 30.4. The van der Waals surface area contributed by atoms with Gasteiger partial charge in [-0.1, -0.05) is 6.07 Å². The van der Waals surface area contributed by atoms with Gasteiger partial charge in [0.05, 0.1) is 5.56 Å². The molecule has 0 saturated heterocycles. The molecule has 6 nitrogen and oxygen atoms in total. The van der Waals surface area contributed by atoms with Gasteiger partial charge in [0.15, 0.2) is 17.3 Å². The highest BCUT2D eigenvalue weighted by Crippen LogP contribution is 2.17. The minimum Gasteiger partial charge on any atom is -0.486 e. The molecule has 0 bridgehead atoms. The predicted octanol–water partition coefficient (Wildman–Crippen LogP) is 2.57. The molecule has 2 rings (SSSR count). The lowest BCUT2D eigenvalue weighted by molar-refractivity contribution is 0.0684. The van der Waals surface area contributed by atoms with Gasteiger partial charge in [0.25, 0.3) is 0 Å². The maximum atomic E-state index is 11.4. The van der Waals surface area contributed by atoms with Gasteiger partial charge in [0, 0.05) is 6.20 Å². The Hall–Kier alpha value is -2.76. The number of nitrogens with zero attached hydrogens (tertiary/aromatic N) is 2. The van der Waals surface area contributed by atoms with Crippen LogP contribution in [0.2, 0.25) is 0 Å². The number of benzene rings is 1. The number of carboxylic acid groups (broad SMARTS) is 1. The second-order valence-electron chi connectivity index (χ2n) is 4.94. The van der Waals surface area contributed by atoms with E-state index in [1.807, 2.05) is 32.0 Å². The monoisotopic (exact) mass is 300 g/mol. The van der Waals surface area contributed by atoms with Crippen molar-refractivity contribution in [2.45, 2.75) is 27.4 Å². The normalized spacial score (nSPS) is 10.3. The van der Waals surface area contributed by atoms with Crippen molar-refractivity contribution in [2.75, 3.05) is 0 Å². The highest BCUT2D eigenvalue weighted by atomic mass is 16.5. The Morgan fingerprint density at radius 2 is 1.95 bits per heavy atom. The third-order valence-electron chi connectivity index (χ3n) is 3.27. The fourth-order valence-electron chi connectivity index (χ4n) is 1.86. The van der Waals surface area contributed by atoms with E-state index in [1.54, 1.807) is 0 Å². The molecule has 0 fully saturated rings. The van der Waals surface area contributed by atoms with Crippen LogP contribution in [0.25, 0.3) is 0 Å². The van der Waals surface area contributed by atoms with Gasteiger partial charge in [0.2, 0.25) is 0 Å². The van der Waals surface area contributed by atoms with Crippen molar-refractivity contribution in [2.24, 2.45) is 0 Å². The van der Waals surface area contributed by atoms with Crippen LogP contribution in [0, 0.1) is 13.8 Å². The number of hydrogen-bond acceptors (Lipinski definition) is 5. The van der Waals surface area contributed by atoms with Gasteiger partial charge in [0.1, 0.15) is 12.4 Å². The van der Waals surface area contributed by atoms with Crippen molar-refractivity contribution in [1.29, 1.82) is 0 Å². The van der Waals surface area contributed by atoms with Gasteiger partial charge in [-0.2, -0.15) is 0 Å². The quantitative estimate of drug-likeness (QED) is 0.854. The van der Waals surface area contributed by atoms with Gasteiger partial charge in [-0.05, 0) is 44.0 Å². The van der Waals surface area contributed by atoms with E-state index in [0.717, 1.165) is 11.1 Å². The van der Waals surface area contributed by atoms with E-state index in [1.165, 1.54) is 13.1 Å². The van der Waals surface area contributed by atoms with Crippen LogP contribution in [0.15, 0.2) is 24.4 Å². The summed E-state index contributed by atoms with van der Waals surface area (Å²) < 4.78 is 5.56. The molecule has 1 aromatic heterocycles. The number of aromatic nitrogens is 2. The SMILES string of the molecule is CC(=O)c1cnc(COc2ccc(C)c(C)c2)nc1C(=O)O. The molecule has 22 heavy (non-hydrogen) atoms. The third-order valence-corrected chi connectivity index (χ3v) is 3.27. The fraction of sp³-hybridized carbons (Fsp3) is 0.250. The lowest BCUT2D eigenvalue weighted by Crippen LogP contribution is -2.13. The number of ketones is 1. The molecule has 0 saturated carbocycles. The molecule has 0 amide bonds. The minimum absolute atomic E-state index is 0.0116. The molecule has 1 heterocycles. The maximum absolute atomic E-state index is 11.4. The van der Waals surface area contributed by atoms with E-state index >= 15 is 0 Å². The van der Waals surface area contributed by atoms with Crippen LogP contribution in [-0.4, -0.2) is 26.8 Å². The Balaban J connectivity index is 2.19. The van der Waals surface area contributed by atoms with Crippen molar-refractivity contribution in [3.63, 3.8) is 0 Å². The Bertz CT molecular complexity index is 741. The topological polar surface area (TPSA) is 89.4 Å². The molecule has 2 aromatic rings. The lowest BCUT2D eigenvalue weighted by Gasteiger charge is -2.09. The Kier molecular flexibility index (Phi) is 4.50. The molecule has 0 aliphatic heterocycles.